The minimum absolute atomic E-state index is 0.162. The number of carbonyl (C=O) groups excluding carboxylic acids is 2. The lowest BCUT2D eigenvalue weighted by Crippen LogP contribution is -2.30. The number of nitrogens with zero attached hydrogens (tertiary/aromatic N) is 1. The fourth-order valence-corrected chi connectivity index (χ4v) is 1.41. The fraction of sp³-hybridized carbons (Fsp3) is 0.778. The van der Waals surface area contributed by atoms with Crippen molar-refractivity contribution in [1.29, 1.82) is 0 Å². The molecule has 1 saturated heterocycles. The van der Waals surface area contributed by atoms with Crippen LogP contribution in [0.5, 0.6) is 0 Å². The quantitative estimate of drug-likeness (QED) is 0.600. The van der Waals surface area contributed by atoms with Crippen LogP contribution in [0.1, 0.15) is 12.8 Å². The average molecular weight is 200 g/mol. The summed E-state index contributed by atoms with van der Waals surface area (Å²) in [5, 5.41) is 2.70. The molecule has 1 heterocycles. The third-order valence-electron chi connectivity index (χ3n) is 2.12. The molecule has 1 amide bonds. The number of likely N-dealkylation sites (tertiary alicyclic amines) is 1. The molecule has 0 bridgehead atoms. The third kappa shape index (κ3) is 3.33. The smallest absolute Gasteiger partial charge is 0.319 e. The molecule has 1 aliphatic heterocycles. The van der Waals surface area contributed by atoms with E-state index >= 15 is 0 Å². The molecule has 0 aromatic heterocycles. The third-order valence-corrected chi connectivity index (χ3v) is 2.12. The highest BCUT2D eigenvalue weighted by Gasteiger charge is 2.19. The second-order valence-electron chi connectivity index (χ2n) is 3.24. The number of hydrogen-bond acceptors (Lipinski definition) is 4. The van der Waals surface area contributed by atoms with Crippen molar-refractivity contribution in [2.75, 3.05) is 33.3 Å². The monoisotopic (exact) mass is 200 g/mol. The number of hydrogen-bond donors (Lipinski definition) is 1. The number of rotatable bonds is 5. The molecule has 0 saturated carbocycles. The maximum Gasteiger partial charge on any atom is 0.319 e. The fourth-order valence-electron chi connectivity index (χ4n) is 1.41. The van der Waals surface area contributed by atoms with Crippen LogP contribution in [0.25, 0.3) is 0 Å². The van der Waals surface area contributed by atoms with Gasteiger partial charge in [-0.3, -0.25) is 9.59 Å². The summed E-state index contributed by atoms with van der Waals surface area (Å²) >= 11 is 0. The molecule has 0 aliphatic carbocycles. The van der Waals surface area contributed by atoms with Crippen LogP contribution in [-0.4, -0.2) is 50.1 Å². The zero-order chi connectivity index (χ0) is 10.4. The zero-order valence-electron chi connectivity index (χ0n) is 8.41. The highest BCUT2D eigenvalue weighted by molar-refractivity contribution is 5.78. The summed E-state index contributed by atoms with van der Waals surface area (Å²) in [5.74, 6) is -0.117. The maximum atomic E-state index is 11.1. The van der Waals surface area contributed by atoms with Crippen LogP contribution >= 0.6 is 0 Å². The second kappa shape index (κ2) is 5.59. The van der Waals surface area contributed by atoms with E-state index in [0.717, 1.165) is 13.0 Å². The van der Waals surface area contributed by atoms with Crippen LogP contribution in [0.2, 0.25) is 0 Å². The summed E-state index contributed by atoms with van der Waals surface area (Å²) in [7, 11) is 1.69. The highest BCUT2D eigenvalue weighted by atomic mass is 16.5. The van der Waals surface area contributed by atoms with Gasteiger partial charge in [0.05, 0.1) is 13.1 Å². The standard InChI is InChI=1S/C9H16N2O3/c1-10-7-9(13)14-6-5-11-4-2-3-8(11)12/h10H,2-7H2,1H3. The number of esters is 1. The van der Waals surface area contributed by atoms with E-state index in [1.165, 1.54) is 0 Å². The topological polar surface area (TPSA) is 58.6 Å². The molecule has 80 valence electrons. The van der Waals surface area contributed by atoms with Crippen molar-refractivity contribution in [3.8, 4) is 0 Å². The van der Waals surface area contributed by atoms with Crippen molar-refractivity contribution in [2.45, 2.75) is 12.8 Å². The van der Waals surface area contributed by atoms with Crippen molar-refractivity contribution >= 4 is 11.9 Å². The van der Waals surface area contributed by atoms with E-state index in [2.05, 4.69) is 5.32 Å². The molecule has 0 aromatic rings. The van der Waals surface area contributed by atoms with Crippen molar-refractivity contribution in [1.82, 2.24) is 10.2 Å². The van der Waals surface area contributed by atoms with E-state index in [4.69, 9.17) is 4.74 Å². The van der Waals surface area contributed by atoms with Crippen LogP contribution in [0.3, 0.4) is 0 Å². The predicted octanol–water partition coefficient (Wildman–Crippen LogP) is -0.629. The van der Waals surface area contributed by atoms with Crippen molar-refractivity contribution < 1.29 is 14.3 Å². The van der Waals surface area contributed by atoms with Gasteiger partial charge >= 0.3 is 5.97 Å². The summed E-state index contributed by atoms with van der Waals surface area (Å²) in [6.07, 6.45) is 1.55. The Kier molecular flexibility index (Phi) is 4.39. The van der Waals surface area contributed by atoms with Crippen LogP contribution in [0.4, 0.5) is 0 Å². The van der Waals surface area contributed by atoms with E-state index in [0.29, 0.717) is 19.6 Å². The van der Waals surface area contributed by atoms with Gasteiger partial charge in [-0.25, -0.2) is 0 Å². The Bertz CT molecular complexity index is 218. The van der Waals surface area contributed by atoms with Gasteiger partial charge in [-0.15, -0.1) is 0 Å². The first-order valence-corrected chi connectivity index (χ1v) is 4.82. The molecule has 5 nitrogen and oxygen atoms in total. The number of ether oxygens (including phenoxy) is 1. The van der Waals surface area contributed by atoms with E-state index in [-0.39, 0.29) is 18.4 Å². The Balaban J connectivity index is 2.08. The molecule has 1 rings (SSSR count). The van der Waals surface area contributed by atoms with Gasteiger partial charge in [-0.1, -0.05) is 0 Å². The molecule has 0 atom stereocenters. The van der Waals surface area contributed by atoms with E-state index in [9.17, 15) is 9.59 Å². The largest absolute Gasteiger partial charge is 0.463 e. The lowest BCUT2D eigenvalue weighted by Gasteiger charge is -2.14. The minimum atomic E-state index is -0.279. The van der Waals surface area contributed by atoms with Gasteiger partial charge in [0.2, 0.25) is 5.91 Å². The Morgan fingerprint density at radius 2 is 2.43 bits per heavy atom. The predicted molar refractivity (Wildman–Crippen MR) is 50.7 cm³/mol. The van der Waals surface area contributed by atoms with Crippen LogP contribution < -0.4 is 5.32 Å². The molecule has 14 heavy (non-hydrogen) atoms. The number of amides is 1. The zero-order valence-corrected chi connectivity index (χ0v) is 8.41. The van der Waals surface area contributed by atoms with Gasteiger partial charge in [-0.05, 0) is 13.5 Å². The van der Waals surface area contributed by atoms with Gasteiger partial charge in [0.25, 0.3) is 0 Å². The lowest BCUT2D eigenvalue weighted by atomic mass is 10.4. The van der Waals surface area contributed by atoms with E-state index in [1.54, 1.807) is 11.9 Å². The summed E-state index contributed by atoms with van der Waals surface area (Å²) < 4.78 is 4.90. The van der Waals surface area contributed by atoms with Crippen molar-refractivity contribution in [3.05, 3.63) is 0 Å². The summed E-state index contributed by atoms with van der Waals surface area (Å²) in [6, 6.07) is 0. The summed E-state index contributed by atoms with van der Waals surface area (Å²) in [6.45, 7) is 1.83. The molecule has 1 N–H and O–H groups in total. The van der Waals surface area contributed by atoms with E-state index in [1.807, 2.05) is 0 Å². The van der Waals surface area contributed by atoms with Crippen LogP contribution in [0, 0.1) is 0 Å². The molecule has 0 unspecified atom stereocenters. The SMILES string of the molecule is CNCC(=O)OCCN1CCCC1=O. The number of carbonyl (C=O) groups is 2. The molecule has 1 aliphatic rings. The minimum Gasteiger partial charge on any atom is -0.463 e. The first kappa shape index (κ1) is 11.0. The van der Waals surface area contributed by atoms with Crippen molar-refractivity contribution in [2.24, 2.45) is 0 Å². The number of likely N-dealkylation sites (N-methyl/N-ethyl adjacent to an activating group) is 1. The molecular weight excluding hydrogens is 184 g/mol. The molecule has 1 fully saturated rings. The Labute approximate surface area is 83.4 Å². The first-order chi connectivity index (χ1) is 6.74. The molecule has 0 aromatic carbocycles. The van der Waals surface area contributed by atoms with Gasteiger partial charge in [0.1, 0.15) is 6.61 Å². The van der Waals surface area contributed by atoms with Gasteiger partial charge in [0.15, 0.2) is 0 Å². The summed E-state index contributed by atoms with van der Waals surface area (Å²) in [4.78, 5) is 23.8. The molecule has 0 radical (unpaired) electrons. The highest BCUT2D eigenvalue weighted by Crippen LogP contribution is 2.08. The second-order valence-corrected chi connectivity index (χ2v) is 3.24. The Morgan fingerprint density at radius 3 is 3.00 bits per heavy atom. The number of nitrogens with one attached hydrogen (secondary N) is 1. The lowest BCUT2D eigenvalue weighted by molar-refractivity contribution is -0.144. The van der Waals surface area contributed by atoms with Crippen LogP contribution in [0.15, 0.2) is 0 Å². The molecule has 0 spiro atoms. The normalized spacial score (nSPS) is 16.1. The van der Waals surface area contributed by atoms with Gasteiger partial charge in [0, 0.05) is 13.0 Å². The van der Waals surface area contributed by atoms with Gasteiger partial charge < -0.3 is 15.0 Å². The summed E-state index contributed by atoms with van der Waals surface area (Å²) in [5.41, 5.74) is 0. The Hall–Kier alpha value is -1.10. The Morgan fingerprint density at radius 1 is 1.64 bits per heavy atom. The van der Waals surface area contributed by atoms with Crippen molar-refractivity contribution in [3.63, 3.8) is 0 Å². The maximum absolute atomic E-state index is 11.1. The van der Waals surface area contributed by atoms with E-state index < -0.39 is 0 Å². The molecular formula is C9H16N2O3. The first-order valence-electron chi connectivity index (χ1n) is 4.82. The molecule has 5 heteroatoms. The average Bonchev–Trinajstić information content (AvgIpc) is 2.52. The van der Waals surface area contributed by atoms with Crippen LogP contribution in [-0.2, 0) is 14.3 Å². The van der Waals surface area contributed by atoms with Gasteiger partial charge in [-0.2, -0.15) is 0 Å².